The number of rotatable bonds is 3. The lowest BCUT2D eigenvalue weighted by atomic mass is 10.0. The van der Waals surface area contributed by atoms with Gasteiger partial charge < -0.3 is 4.74 Å². The van der Waals surface area contributed by atoms with E-state index in [1.807, 2.05) is 0 Å². The van der Waals surface area contributed by atoms with Gasteiger partial charge in [-0.05, 0) is 12.8 Å². The summed E-state index contributed by atoms with van der Waals surface area (Å²) in [6, 6.07) is -0.443. The summed E-state index contributed by atoms with van der Waals surface area (Å²) in [6.45, 7) is 4.80. The van der Waals surface area contributed by atoms with Crippen molar-refractivity contribution in [2.45, 2.75) is 33.2 Å². The molecule has 1 fully saturated rings. The molecule has 0 bridgehead atoms. The highest BCUT2D eigenvalue weighted by atomic mass is 19.3. The second-order valence-corrected chi connectivity index (χ2v) is 4.22. The molecule has 0 saturated carbocycles. The Bertz CT molecular complexity index is 294. The molecule has 1 rings (SSSR count). The predicted molar refractivity (Wildman–Crippen MR) is 52.0 cm³/mol. The third-order valence-electron chi connectivity index (χ3n) is 2.68. The van der Waals surface area contributed by atoms with Crippen molar-refractivity contribution in [3.8, 4) is 0 Å². The van der Waals surface area contributed by atoms with Crippen molar-refractivity contribution in [2.75, 3.05) is 6.61 Å². The number of hydrogen-bond donors (Lipinski definition) is 0. The molecule has 0 radical (unpaired) electrons. The summed E-state index contributed by atoms with van der Waals surface area (Å²) >= 11 is 0. The van der Waals surface area contributed by atoms with E-state index in [-0.39, 0.29) is 12.5 Å². The summed E-state index contributed by atoms with van der Waals surface area (Å²) in [5, 5.41) is 0. The van der Waals surface area contributed by atoms with Gasteiger partial charge in [-0.1, -0.05) is 13.8 Å². The minimum absolute atomic E-state index is 0.0136. The van der Waals surface area contributed by atoms with Gasteiger partial charge in [0.1, 0.15) is 6.61 Å². The van der Waals surface area contributed by atoms with Crippen LogP contribution in [0.1, 0.15) is 20.8 Å². The third-order valence-corrected chi connectivity index (χ3v) is 2.68. The number of hydrogen-bond acceptors (Lipinski definition) is 3. The van der Waals surface area contributed by atoms with Gasteiger partial charge >= 0.3 is 6.09 Å². The number of halogens is 2. The van der Waals surface area contributed by atoms with E-state index in [1.165, 1.54) is 0 Å². The topological polar surface area (TPSA) is 46.6 Å². The molecule has 1 aliphatic rings. The first kappa shape index (κ1) is 12.9. The Hall–Kier alpha value is -1.20. The fourth-order valence-electron chi connectivity index (χ4n) is 1.51. The maximum Gasteiger partial charge on any atom is 0.416 e. The molecule has 16 heavy (non-hydrogen) atoms. The number of imide groups is 1. The van der Waals surface area contributed by atoms with Crippen molar-refractivity contribution in [2.24, 2.45) is 11.8 Å². The molecule has 1 saturated heterocycles. The van der Waals surface area contributed by atoms with Crippen molar-refractivity contribution in [3.05, 3.63) is 0 Å². The summed E-state index contributed by atoms with van der Waals surface area (Å²) in [7, 11) is 0. The predicted octanol–water partition coefficient (Wildman–Crippen LogP) is 1.89. The molecule has 92 valence electrons. The maximum absolute atomic E-state index is 12.4. The van der Waals surface area contributed by atoms with Crippen LogP contribution in [-0.4, -0.2) is 36.0 Å². The van der Waals surface area contributed by atoms with E-state index < -0.39 is 30.4 Å². The van der Waals surface area contributed by atoms with Crippen LogP contribution in [0.15, 0.2) is 0 Å². The Morgan fingerprint density at radius 2 is 2.00 bits per heavy atom. The zero-order valence-electron chi connectivity index (χ0n) is 9.44. The molecule has 0 N–H and O–H groups in total. The van der Waals surface area contributed by atoms with E-state index in [4.69, 9.17) is 4.74 Å². The van der Waals surface area contributed by atoms with Crippen LogP contribution in [0, 0.1) is 11.8 Å². The SMILES string of the molecule is CC(C)[C@H]1COC(=O)N1C(=O)[C@@H](C)C(F)F. The van der Waals surface area contributed by atoms with Gasteiger partial charge in [0.2, 0.25) is 12.3 Å². The summed E-state index contributed by atoms with van der Waals surface area (Å²) in [6.07, 6.45) is -3.59. The molecule has 0 aromatic heterocycles. The van der Waals surface area contributed by atoms with Crippen LogP contribution < -0.4 is 0 Å². The standard InChI is InChI=1S/C10H15F2NO3/c1-5(2)7-4-16-10(15)13(7)9(14)6(3)8(11)12/h5-8H,4H2,1-3H3/t6-,7+/m0/s1. The van der Waals surface area contributed by atoms with E-state index in [0.717, 1.165) is 11.8 Å². The second-order valence-electron chi connectivity index (χ2n) is 4.22. The van der Waals surface area contributed by atoms with Crippen LogP contribution in [0.2, 0.25) is 0 Å². The van der Waals surface area contributed by atoms with Gasteiger partial charge in [-0.15, -0.1) is 0 Å². The van der Waals surface area contributed by atoms with E-state index >= 15 is 0 Å². The maximum atomic E-state index is 12.4. The second kappa shape index (κ2) is 4.76. The smallest absolute Gasteiger partial charge is 0.416 e. The quantitative estimate of drug-likeness (QED) is 0.750. The van der Waals surface area contributed by atoms with Crippen LogP contribution in [0.4, 0.5) is 13.6 Å². The summed E-state index contributed by atoms with van der Waals surface area (Å²) in [5.74, 6) is -2.36. The van der Waals surface area contributed by atoms with Gasteiger partial charge in [-0.2, -0.15) is 0 Å². The summed E-state index contributed by atoms with van der Waals surface area (Å²) < 4.78 is 29.5. The Balaban J connectivity index is 2.83. The van der Waals surface area contributed by atoms with Crippen LogP contribution in [0.3, 0.4) is 0 Å². The summed E-state index contributed by atoms with van der Waals surface area (Å²) in [4.78, 5) is 23.8. The number of carbonyl (C=O) groups is 2. The van der Waals surface area contributed by atoms with Crippen molar-refractivity contribution in [3.63, 3.8) is 0 Å². The molecular weight excluding hydrogens is 220 g/mol. The van der Waals surface area contributed by atoms with Crippen LogP contribution in [0.5, 0.6) is 0 Å². The highest BCUT2D eigenvalue weighted by Crippen LogP contribution is 2.23. The van der Waals surface area contributed by atoms with Crippen LogP contribution >= 0.6 is 0 Å². The minimum atomic E-state index is -2.77. The van der Waals surface area contributed by atoms with Gasteiger partial charge in [0, 0.05) is 0 Å². The van der Waals surface area contributed by atoms with Gasteiger partial charge in [0.05, 0.1) is 12.0 Å². The molecular formula is C10H15F2NO3. The number of alkyl halides is 2. The first-order valence-electron chi connectivity index (χ1n) is 5.14. The van der Waals surface area contributed by atoms with Gasteiger partial charge in [-0.3, -0.25) is 4.79 Å². The van der Waals surface area contributed by atoms with Crippen LogP contribution in [0.25, 0.3) is 0 Å². The monoisotopic (exact) mass is 235 g/mol. The Morgan fingerprint density at radius 1 is 1.44 bits per heavy atom. The van der Waals surface area contributed by atoms with Gasteiger partial charge in [0.15, 0.2) is 0 Å². The van der Waals surface area contributed by atoms with E-state index in [0.29, 0.717) is 0 Å². The molecule has 0 aliphatic carbocycles. The highest BCUT2D eigenvalue weighted by molar-refractivity contribution is 5.94. The molecule has 2 amide bonds. The summed E-state index contributed by atoms with van der Waals surface area (Å²) in [5.41, 5.74) is 0. The molecule has 2 atom stereocenters. The lowest BCUT2D eigenvalue weighted by Gasteiger charge is -2.24. The Kier molecular flexibility index (Phi) is 3.83. The third kappa shape index (κ3) is 2.31. The number of cyclic esters (lactones) is 1. The average molecular weight is 235 g/mol. The van der Waals surface area contributed by atoms with Gasteiger partial charge in [-0.25, -0.2) is 18.5 Å². The average Bonchev–Trinajstić information content (AvgIpc) is 2.57. The Labute approximate surface area is 92.5 Å². The number of amides is 2. The number of nitrogens with zero attached hydrogens (tertiary/aromatic N) is 1. The number of carbonyl (C=O) groups excluding carboxylic acids is 2. The Morgan fingerprint density at radius 3 is 2.44 bits per heavy atom. The fraction of sp³-hybridized carbons (Fsp3) is 0.800. The molecule has 0 spiro atoms. The minimum Gasteiger partial charge on any atom is -0.447 e. The molecule has 1 heterocycles. The lowest BCUT2D eigenvalue weighted by molar-refractivity contribution is -0.138. The van der Waals surface area contributed by atoms with Crippen molar-refractivity contribution in [1.82, 2.24) is 4.90 Å². The van der Waals surface area contributed by atoms with Gasteiger partial charge in [0.25, 0.3) is 0 Å². The lowest BCUT2D eigenvalue weighted by Crippen LogP contribution is -2.45. The van der Waals surface area contributed by atoms with Crippen LogP contribution in [-0.2, 0) is 9.53 Å². The molecule has 6 heteroatoms. The van der Waals surface area contributed by atoms with E-state index in [2.05, 4.69) is 0 Å². The van der Waals surface area contributed by atoms with Crippen molar-refractivity contribution in [1.29, 1.82) is 0 Å². The first-order chi connectivity index (χ1) is 7.36. The highest BCUT2D eigenvalue weighted by Gasteiger charge is 2.42. The zero-order chi connectivity index (χ0) is 12.5. The van der Waals surface area contributed by atoms with E-state index in [9.17, 15) is 18.4 Å². The zero-order valence-corrected chi connectivity index (χ0v) is 9.44. The molecule has 0 aromatic carbocycles. The van der Waals surface area contributed by atoms with Crippen molar-refractivity contribution < 1.29 is 23.1 Å². The molecule has 1 aliphatic heterocycles. The number of ether oxygens (including phenoxy) is 1. The molecule has 0 aromatic rings. The molecule has 4 nitrogen and oxygen atoms in total. The van der Waals surface area contributed by atoms with Crippen molar-refractivity contribution >= 4 is 12.0 Å². The largest absolute Gasteiger partial charge is 0.447 e. The normalized spacial score (nSPS) is 22.8. The van der Waals surface area contributed by atoms with E-state index in [1.54, 1.807) is 13.8 Å². The first-order valence-corrected chi connectivity index (χ1v) is 5.14. The molecule has 0 unspecified atom stereocenters. The fourth-order valence-corrected chi connectivity index (χ4v) is 1.51.